The van der Waals surface area contributed by atoms with Crippen molar-refractivity contribution in [2.75, 3.05) is 19.0 Å². The largest absolute Gasteiger partial charge is 0.468 e. The van der Waals surface area contributed by atoms with E-state index in [1.807, 2.05) is 0 Å². The third-order valence-corrected chi connectivity index (χ3v) is 4.61. The summed E-state index contributed by atoms with van der Waals surface area (Å²) >= 11 is 3.27. The molecule has 0 atom stereocenters. The van der Waals surface area contributed by atoms with Gasteiger partial charge >= 0.3 is 5.97 Å². The maximum atomic E-state index is 12.2. The quantitative estimate of drug-likeness (QED) is 0.757. The normalized spacial score (nSPS) is 16.7. The van der Waals surface area contributed by atoms with E-state index in [1.165, 1.54) is 13.3 Å². The highest BCUT2D eigenvalue weighted by Gasteiger charge is 2.33. The predicted octanol–water partition coefficient (Wildman–Crippen LogP) is 0.862. The van der Waals surface area contributed by atoms with Crippen molar-refractivity contribution < 1.29 is 9.53 Å². The number of anilines is 1. The van der Waals surface area contributed by atoms with Crippen molar-refractivity contribution in [1.29, 1.82) is 0 Å². The molecule has 1 heterocycles. The maximum absolute atomic E-state index is 12.2. The van der Waals surface area contributed by atoms with E-state index in [9.17, 15) is 9.59 Å². The van der Waals surface area contributed by atoms with Crippen molar-refractivity contribution in [2.24, 2.45) is 5.73 Å². The number of halogens is 1. The number of ether oxygens (including phenoxy) is 1. The summed E-state index contributed by atoms with van der Waals surface area (Å²) in [6, 6.07) is 0. The number of hydrogen-bond donors (Lipinski definition) is 2. The third-order valence-electron chi connectivity index (χ3n) is 3.84. The summed E-state index contributed by atoms with van der Waals surface area (Å²) in [5.74, 6) is -0.522. The lowest BCUT2D eigenvalue weighted by atomic mass is 9.97. The smallest absolute Gasteiger partial charge is 0.327 e. The van der Waals surface area contributed by atoms with Crippen LogP contribution in [0.3, 0.4) is 0 Å². The first-order valence-corrected chi connectivity index (χ1v) is 7.61. The summed E-state index contributed by atoms with van der Waals surface area (Å²) < 4.78 is 5.94. The zero-order valence-corrected chi connectivity index (χ0v) is 13.5. The molecule has 0 unspecified atom stereocenters. The Bertz CT molecular complexity index is 581. The summed E-state index contributed by atoms with van der Waals surface area (Å²) in [7, 11) is 1.27. The summed E-state index contributed by atoms with van der Waals surface area (Å²) in [5.41, 5.74) is 5.93. The van der Waals surface area contributed by atoms with Crippen LogP contribution in [0.2, 0.25) is 0 Å². The average molecular weight is 359 g/mol. The first-order valence-electron chi connectivity index (χ1n) is 6.82. The van der Waals surface area contributed by atoms with Crippen LogP contribution in [0.15, 0.2) is 15.5 Å². The Labute approximate surface area is 131 Å². The number of carbonyl (C=O) groups is 1. The zero-order valence-electron chi connectivity index (χ0n) is 11.9. The fraction of sp³-hybridized carbons (Fsp3) is 0.615. The van der Waals surface area contributed by atoms with Gasteiger partial charge in [-0.2, -0.15) is 5.10 Å². The van der Waals surface area contributed by atoms with Crippen LogP contribution in [-0.4, -0.2) is 34.9 Å². The molecule has 0 amide bonds. The van der Waals surface area contributed by atoms with Gasteiger partial charge in [0.15, 0.2) is 0 Å². The van der Waals surface area contributed by atoms with Crippen LogP contribution in [0, 0.1) is 0 Å². The lowest BCUT2D eigenvalue weighted by molar-refractivity contribution is -0.141. The van der Waals surface area contributed by atoms with Crippen molar-refractivity contribution in [3.8, 4) is 0 Å². The summed E-state index contributed by atoms with van der Waals surface area (Å²) in [5, 5.41) is 7.35. The molecule has 1 aromatic rings. The van der Waals surface area contributed by atoms with Gasteiger partial charge in [-0.15, -0.1) is 0 Å². The van der Waals surface area contributed by atoms with Crippen LogP contribution in [0.1, 0.15) is 25.7 Å². The highest BCUT2D eigenvalue weighted by molar-refractivity contribution is 9.10. The first kappa shape index (κ1) is 16.0. The molecule has 1 saturated carbocycles. The van der Waals surface area contributed by atoms with E-state index in [4.69, 9.17) is 5.73 Å². The number of carbonyl (C=O) groups excluding carboxylic acids is 1. The molecule has 0 spiro atoms. The minimum atomic E-state index is -0.522. The van der Waals surface area contributed by atoms with Crippen molar-refractivity contribution >= 4 is 27.6 Å². The third kappa shape index (κ3) is 3.44. The molecule has 1 fully saturated rings. The molecule has 1 aliphatic carbocycles. The lowest BCUT2D eigenvalue weighted by Gasteiger charge is -2.30. The van der Waals surface area contributed by atoms with Crippen molar-refractivity contribution in [2.45, 2.75) is 37.8 Å². The Hall–Kier alpha value is -1.41. The van der Waals surface area contributed by atoms with Gasteiger partial charge in [-0.1, -0.05) is 12.8 Å². The molecule has 116 valence electrons. The fourth-order valence-electron chi connectivity index (χ4n) is 2.57. The molecule has 7 nitrogen and oxygen atoms in total. The molecule has 0 aromatic carbocycles. The summed E-state index contributed by atoms with van der Waals surface area (Å²) in [4.78, 5) is 23.4. The standard InChI is InChI=1S/C13H19BrN4O3/c1-21-10(19)7-18-12(20)11(14)9(6-16-18)17-13(8-15)4-2-3-5-13/h6,17H,2-5,7-8,15H2,1H3. The van der Waals surface area contributed by atoms with Crippen LogP contribution in [-0.2, 0) is 16.1 Å². The van der Waals surface area contributed by atoms with E-state index in [-0.39, 0.29) is 17.6 Å². The second kappa shape index (κ2) is 6.57. The molecular weight excluding hydrogens is 340 g/mol. The Morgan fingerprint density at radius 3 is 2.81 bits per heavy atom. The van der Waals surface area contributed by atoms with Crippen molar-refractivity contribution in [3.05, 3.63) is 21.0 Å². The van der Waals surface area contributed by atoms with E-state index in [0.29, 0.717) is 16.7 Å². The molecule has 2 rings (SSSR count). The van der Waals surface area contributed by atoms with Gasteiger partial charge in [-0.25, -0.2) is 4.68 Å². The number of hydrogen-bond acceptors (Lipinski definition) is 6. The lowest BCUT2D eigenvalue weighted by Crippen LogP contribution is -2.43. The first-order chi connectivity index (χ1) is 10.0. The number of esters is 1. The van der Waals surface area contributed by atoms with Gasteiger partial charge in [-0.3, -0.25) is 9.59 Å². The number of nitrogens with one attached hydrogen (secondary N) is 1. The second-order valence-corrected chi connectivity index (χ2v) is 6.02. The highest BCUT2D eigenvalue weighted by Crippen LogP contribution is 2.33. The van der Waals surface area contributed by atoms with Crippen LogP contribution in [0.5, 0.6) is 0 Å². The summed E-state index contributed by atoms with van der Waals surface area (Å²) in [6.45, 7) is 0.293. The minimum absolute atomic E-state index is 0.175. The Kier molecular flexibility index (Phi) is 5.00. The molecule has 8 heteroatoms. The molecule has 0 bridgehead atoms. The average Bonchev–Trinajstić information content (AvgIpc) is 2.96. The molecule has 21 heavy (non-hydrogen) atoms. The zero-order chi connectivity index (χ0) is 15.5. The molecule has 0 saturated heterocycles. The monoisotopic (exact) mass is 358 g/mol. The van der Waals surface area contributed by atoms with Crippen molar-refractivity contribution in [1.82, 2.24) is 9.78 Å². The van der Waals surface area contributed by atoms with Gasteiger partial charge in [0.1, 0.15) is 11.0 Å². The fourth-order valence-corrected chi connectivity index (χ4v) is 2.98. The maximum Gasteiger partial charge on any atom is 0.327 e. The highest BCUT2D eigenvalue weighted by atomic mass is 79.9. The Morgan fingerprint density at radius 1 is 1.57 bits per heavy atom. The van der Waals surface area contributed by atoms with Crippen LogP contribution < -0.4 is 16.6 Å². The molecule has 0 aliphatic heterocycles. The minimum Gasteiger partial charge on any atom is -0.468 e. The summed E-state index contributed by atoms with van der Waals surface area (Å²) in [6.07, 6.45) is 5.72. The molecule has 3 N–H and O–H groups in total. The van der Waals surface area contributed by atoms with E-state index in [0.717, 1.165) is 30.4 Å². The van der Waals surface area contributed by atoms with E-state index in [2.05, 4.69) is 31.1 Å². The molecule has 1 aliphatic rings. The van der Waals surface area contributed by atoms with Gasteiger partial charge in [0.25, 0.3) is 5.56 Å². The van der Waals surface area contributed by atoms with Crippen LogP contribution >= 0.6 is 15.9 Å². The number of aromatic nitrogens is 2. The van der Waals surface area contributed by atoms with Gasteiger partial charge < -0.3 is 15.8 Å². The van der Waals surface area contributed by atoms with E-state index < -0.39 is 5.97 Å². The van der Waals surface area contributed by atoms with Gasteiger partial charge in [0.2, 0.25) is 0 Å². The second-order valence-electron chi connectivity index (χ2n) is 5.23. The van der Waals surface area contributed by atoms with Crippen molar-refractivity contribution in [3.63, 3.8) is 0 Å². The van der Waals surface area contributed by atoms with Gasteiger partial charge in [0.05, 0.1) is 19.0 Å². The van der Waals surface area contributed by atoms with Crippen LogP contribution in [0.25, 0.3) is 0 Å². The van der Waals surface area contributed by atoms with Gasteiger partial charge in [0, 0.05) is 12.1 Å². The Balaban J connectivity index is 2.24. The van der Waals surface area contributed by atoms with Crippen LogP contribution in [0.4, 0.5) is 5.69 Å². The number of methoxy groups -OCH3 is 1. The molecular formula is C13H19BrN4O3. The Morgan fingerprint density at radius 2 is 2.24 bits per heavy atom. The number of nitrogens with zero attached hydrogens (tertiary/aromatic N) is 2. The predicted molar refractivity (Wildman–Crippen MR) is 82.1 cm³/mol. The SMILES string of the molecule is COC(=O)Cn1ncc(NC2(CN)CCCC2)c(Br)c1=O. The topological polar surface area (TPSA) is 99.2 Å². The number of rotatable bonds is 5. The molecule has 1 aromatic heterocycles. The van der Waals surface area contributed by atoms with E-state index in [1.54, 1.807) is 0 Å². The molecule has 0 radical (unpaired) electrons. The van der Waals surface area contributed by atoms with E-state index >= 15 is 0 Å². The van der Waals surface area contributed by atoms with Gasteiger partial charge in [-0.05, 0) is 28.8 Å². The number of nitrogens with two attached hydrogens (primary N) is 1.